The van der Waals surface area contributed by atoms with E-state index in [1.807, 2.05) is 35.8 Å². The molecule has 7 nitrogen and oxygen atoms in total. The lowest BCUT2D eigenvalue weighted by molar-refractivity contribution is 0.144. The molecule has 2 heterocycles. The van der Waals surface area contributed by atoms with E-state index in [0.717, 1.165) is 34.0 Å². The van der Waals surface area contributed by atoms with Crippen LogP contribution in [0, 0.1) is 5.82 Å². The van der Waals surface area contributed by atoms with Gasteiger partial charge in [-0.25, -0.2) is 14.2 Å². The Bertz CT molecular complexity index is 1520. The number of halogens is 1. The summed E-state index contributed by atoms with van der Waals surface area (Å²) in [6, 6.07) is 16.0. The second-order valence-corrected chi connectivity index (χ2v) is 7.71. The number of imidazole rings is 1. The third-order valence-corrected chi connectivity index (χ3v) is 5.86. The number of hydrogen-bond acceptors (Lipinski definition) is 4. The molecule has 3 aromatic carbocycles. The molecule has 33 heavy (non-hydrogen) atoms. The van der Waals surface area contributed by atoms with Crippen molar-refractivity contribution in [1.29, 1.82) is 0 Å². The van der Waals surface area contributed by atoms with E-state index in [9.17, 15) is 9.18 Å². The van der Waals surface area contributed by atoms with E-state index in [0.29, 0.717) is 29.9 Å². The number of hydrogen-bond donors (Lipinski definition) is 1. The molecule has 5 rings (SSSR count). The lowest BCUT2D eigenvalue weighted by Crippen LogP contribution is -2.06. The number of methoxy groups -OCH3 is 1. The molecule has 0 bridgehead atoms. The number of aromatic nitrogens is 3. The highest BCUT2D eigenvalue weighted by atomic mass is 19.1. The van der Waals surface area contributed by atoms with E-state index in [-0.39, 0.29) is 11.6 Å². The predicted molar refractivity (Wildman–Crippen MR) is 124 cm³/mol. The molecule has 0 aliphatic heterocycles. The molecule has 5 aromatic rings. The van der Waals surface area contributed by atoms with Crippen molar-refractivity contribution in [1.82, 2.24) is 14.1 Å². The molecule has 0 saturated carbocycles. The molecule has 0 unspecified atom stereocenters. The first-order chi connectivity index (χ1) is 16.0. The molecule has 0 amide bonds. The second-order valence-electron chi connectivity index (χ2n) is 7.71. The van der Waals surface area contributed by atoms with Gasteiger partial charge in [-0.1, -0.05) is 6.07 Å². The number of nitrogens with zero attached hydrogens (tertiary/aromatic N) is 3. The summed E-state index contributed by atoms with van der Waals surface area (Å²) in [5.74, 6) is 0.622. The van der Waals surface area contributed by atoms with Crippen molar-refractivity contribution >= 4 is 39.0 Å². The highest BCUT2D eigenvalue weighted by molar-refractivity contribution is 6.09. The molecule has 0 aliphatic carbocycles. The summed E-state index contributed by atoms with van der Waals surface area (Å²) in [5.41, 5.74) is 4.06. The molecule has 0 radical (unpaired) electrons. The quantitative estimate of drug-likeness (QED) is 0.268. The zero-order valence-corrected chi connectivity index (χ0v) is 18.2. The SMILES string of the molecule is CCn1c2ccc(-c3nc4cc(OC(=O)O)ccc4n3CCOC)cc2c2c(F)cccc21. The van der Waals surface area contributed by atoms with Gasteiger partial charge in [0, 0.05) is 48.1 Å². The average molecular weight is 447 g/mol. The minimum Gasteiger partial charge on any atom is -0.449 e. The van der Waals surface area contributed by atoms with Crippen LogP contribution < -0.4 is 4.74 Å². The van der Waals surface area contributed by atoms with Gasteiger partial charge in [0.1, 0.15) is 17.4 Å². The topological polar surface area (TPSA) is 78.5 Å². The van der Waals surface area contributed by atoms with Gasteiger partial charge in [0.2, 0.25) is 0 Å². The van der Waals surface area contributed by atoms with Crippen molar-refractivity contribution < 1.29 is 23.8 Å². The zero-order valence-electron chi connectivity index (χ0n) is 18.2. The van der Waals surface area contributed by atoms with Crippen molar-refractivity contribution in [2.45, 2.75) is 20.0 Å². The van der Waals surface area contributed by atoms with Crippen LogP contribution in [-0.4, -0.2) is 39.1 Å². The van der Waals surface area contributed by atoms with E-state index in [1.54, 1.807) is 31.4 Å². The Kier molecular flexibility index (Phi) is 5.22. The highest BCUT2D eigenvalue weighted by Gasteiger charge is 2.18. The Labute approximate surface area is 188 Å². The Morgan fingerprint density at radius 1 is 1.06 bits per heavy atom. The molecule has 8 heteroatoms. The van der Waals surface area contributed by atoms with Crippen LogP contribution in [-0.2, 0) is 17.8 Å². The van der Waals surface area contributed by atoms with Gasteiger partial charge in [-0.2, -0.15) is 0 Å². The van der Waals surface area contributed by atoms with Gasteiger partial charge in [0.05, 0.1) is 23.2 Å². The minimum atomic E-state index is -1.38. The predicted octanol–water partition coefficient (Wildman–Crippen LogP) is 5.67. The van der Waals surface area contributed by atoms with E-state index >= 15 is 0 Å². The second kappa shape index (κ2) is 8.22. The third-order valence-electron chi connectivity index (χ3n) is 5.86. The summed E-state index contributed by atoms with van der Waals surface area (Å²) in [6.07, 6.45) is -1.38. The molecular weight excluding hydrogens is 425 g/mol. The number of benzene rings is 3. The number of ether oxygens (including phenoxy) is 2. The maximum Gasteiger partial charge on any atom is 0.511 e. The molecule has 0 aliphatic rings. The van der Waals surface area contributed by atoms with Crippen molar-refractivity contribution in [3.05, 3.63) is 60.4 Å². The minimum absolute atomic E-state index is 0.196. The van der Waals surface area contributed by atoms with Gasteiger partial charge < -0.3 is 23.7 Å². The van der Waals surface area contributed by atoms with Crippen LogP contribution in [0.4, 0.5) is 9.18 Å². The van der Waals surface area contributed by atoms with Crippen LogP contribution in [0.15, 0.2) is 54.6 Å². The number of carbonyl (C=O) groups is 1. The van der Waals surface area contributed by atoms with Crippen molar-refractivity contribution in [3.63, 3.8) is 0 Å². The summed E-state index contributed by atoms with van der Waals surface area (Å²) < 4.78 is 29.0. The van der Waals surface area contributed by atoms with Crippen molar-refractivity contribution in [2.75, 3.05) is 13.7 Å². The van der Waals surface area contributed by atoms with Crippen LogP contribution in [0.1, 0.15) is 6.92 Å². The third kappa shape index (κ3) is 3.48. The highest BCUT2D eigenvalue weighted by Crippen LogP contribution is 2.35. The molecule has 1 N–H and O–H groups in total. The van der Waals surface area contributed by atoms with Gasteiger partial charge in [0.15, 0.2) is 0 Å². The van der Waals surface area contributed by atoms with Gasteiger partial charge in [-0.05, 0) is 49.4 Å². The summed E-state index contributed by atoms with van der Waals surface area (Å²) in [4.78, 5) is 15.7. The van der Waals surface area contributed by atoms with Crippen LogP contribution in [0.2, 0.25) is 0 Å². The Morgan fingerprint density at radius 3 is 2.64 bits per heavy atom. The van der Waals surface area contributed by atoms with E-state index in [1.165, 1.54) is 6.07 Å². The first-order valence-corrected chi connectivity index (χ1v) is 10.6. The molecule has 2 aromatic heterocycles. The van der Waals surface area contributed by atoms with Crippen LogP contribution in [0.5, 0.6) is 5.75 Å². The lowest BCUT2D eigenvalue weighted by Gasteiger charge is -2.10. The number of carboxylic acid groups (broad SMARTS) is 1. The number of rotatable bonds is 6. The van der Waals surface area contributed by atoms with E-state index < -0.39 is 6.16 Å². The van der Waals surface area contributed by atoms with Gasteiger partial charge in [-0.3, -0.25) is 0 Å². The van der Waals surface area contributed by atoms with Crippen LogP contribution in [0.3, 0.4) is 0 Å². The van der Waals surface area contributed by atoms with Gasteiger partial charge in [0.25, 0.3) is 0 Å². The van der Waals surface area contributed by atoms with E-state index in [2.05, 4.69) is 4.57 Å². The Balaban J connectivity index is 1.74. The maximum absolute atomic E-state index is 14.8. The fraction of sp³-hybridized carbons (Fsp3) is 0.200. The standard InChI is InChI=1S/C25H22FN3O4/c1-3-28-20-9-7-15(13-17(20)23-18(26)5-4-6-22(23)28)24-27-19-14-16(33-25(30)31)8-10-21(19)29(24)11-12-32-2/h4-10,13-14H,3,11-12H2,1-2H3,(H,30,31). The fourth-order valence-corrected chi connectivity index (χ4v) is 4.49. The summed E-state index contributed by atoms with van der Waals surface area (Å²) >= 11 is 0. The smallest absolute Gasteiger partial charge is 0.449 e. The number of fused-ring (bicyclic) bond motifs is 4. The van der Waals surface area contributed by atoms with Gasteiger partial charge >= 0.3 is 6.16 Å². The van der Waals surface area contributed by atoms with Gasteiger partial charge in [-0.15, -0.1) is 0 Å². The molecule has 0 fully saturated rings. The Morgan fingerprint density at radius 2 is 1.88 bits per heavy atom. The zero-order chi connectivity index (χ0) is 23.1. The first kappa shape index (κ1) is 21.0. The average Bonchev–Trinajstić information content (AvgIpc) is 3.32. The fourth-order valence-electron chi connectivity index (χ4n) is 4.49. The van der Waals surface area contributed by atoms with E-state index in [4.69, 9.17) is 19.6 Å². The normalized spacial score (nSPS) is 11.6. The maximum atomic E-state index is 14.8. The summed E-state index contributed by atoms with van der Waals surface area (Å²) in [7, 11) is 1.63. The molecule has 0 atom stereocenters. The Hall–Kier alpha value is -3.91. The largest absolute Gasteiger partial charge is 0.511 e. The van der Waals surface area contributed by atoms with Crippen LogP contribution >= 0.6 is 0 Å². The van der Waals surface area contributed by atoms with Crippen molar-refractivity contribution in [3.8, 4) is 17.1 Å². The monoisotopic (exact) mass is 447 g/mol. The number of aryl methyl sites for hydroxylation is 1. The summed E-state index contributed by atoms with van der Waals surface area (Å²) in [5, 5.41) is 10.3. The summed E-state index contributed by atoms with van der Waals surface area (Å²) in [6.45, 7) is 3.78. The molecular formula is C25H22FN3O4. The lowest BCUT2D eigenvalue weighted by atomic mass is 10.1. The first-order valence-electron chi connectivity index (χ1n) is 10.6. The van der Waals surface area contributed by atoms with Crippen molar-refractivity contribution in [2.24, 2.45) is 0 Å². The molecule has 168 valence electrons. The molecule has 0 spiro atoms. The van der Waals surface area contributed by atoms with Crippen LogP contribution in [0.25, 0.3) is 44.2 Å². The molecule has 0 saturated heterocycles.